The molecule has 0 bridgehead atoms. The Balaban J connectivity index is 3.96. The predicted molar refractivity (Wildman–Crippen MR) is 110 cm³/mol. The van der Waals surface area contributed by atoms with Crippen LogP contribution in [0.4, 0.5) is 0 Å². The molecule has 0 aromatic rings. The van der Waals surface area contributed by atoms with Gasteiger partial charge in [0.1, 0.15) is 0 Å². The highest BCUT2D eigenvalue weighted by Crippen LogP contribution is 2.06. The van der Waals surface area contributed by atoms with Gasteiger partial charge in [-0.05, 0) is 39.0 Å². The lowest BCUT2D eigenvalue weighted by Crippen LogP contribution is -2.45. The maximum Gasteiger partial charge on any atom is 0.220 e. The fourth-order valence-corrected chi connectivity index (χ4v) is 2.56. The highest BCUT2D eigenvalue weighted by Gasteiger charge is 2.17. The molecule has 0 saturated heterocycles. The summed E-state index contributed by atoms with van der Waals surface area (Å²) in [5, 5.41) is 22.2. The Kier molecular flexibility index (Phi) is 17.4. The number of hydrogen-bond acceptors (Lipinski definition) is 3. The lowest BCUT2D eigenvalue weighted by atomic mass is 10.1. The number of unbranched alkanes of at least 4 members (excludes halogenated alkanes) is 6. The second-order valence-electron chi connectivity index (χ2n) is 6.63. The second-order valence-corrected chi connectivity index (χ2v) is 6.63. The summed E-state index contributed by atoms with van der Waals surface area (Å²) in [6.07, 6.45) is 21.0. The number of hydrogen-bond donors (Lipinski definition) is 3. The minimum Gasteiger partial charge on any atom is -0.394 e. The van der Waals surface area contributed by atoms with Gasteiger partial charge in [-0.2, -0.15) is 0 Å². The monoisotopic (exact) mass is 365 g/mol. The molecule has 26 heavy (non-hydrogen) atoms. The third kappa shape index (κ3) is 14.9. The topological polar surface area (TPSA) is 69.6 Å². The fraction of sp³-hybridized carbons (Fsp3) is 0.682. The van der Waals surface area contributed by atoms with Gasteiger partial charge in [0.2, 0.25) is 5.91 Å². The molecule has 0 fully saturated rings. The van der Waals surface area contributed by atoms with Gasteiger partial charge in [-0.25, -0.2) is 0 Å². The molecule has 2 atom stereocenters. The van der Waals surface area contributed by atoms with E-state index in [1.807, 2.05) is 13.0 Å². The van der Waals surface area contributed by atoms with Crippen molar-refractivity contribution in [3.05, 3.63) is 36.5 Å². The van der Waals surface area contributed by atoms with Crippen molar-refractivity contribution < 1.29 is 15.0 Å². The summed E-state index contributed by atoms with van der Waals surface area (Å²) in [6.45, 7) is 3.92. The Labute approximate surface area is 160 Å². The van der Waals surface area contributed by atoms with Gasteiger partial charge >= 0.3 is 0 Å². The Morgan fingerprint density at radius 2 is 1.58 bits per heavy atom. The summed E-state index contributed by atoms with van der Waals surface area (Å²) in [5.74, 6) is -0.0999. The van der Waals surface area contributed by atoms with E-state index >= 15 is 0 Å². The molecule has 0 rings (SSSR count). The molecule has 0 spiro atoms. The van der Waals surface area contributed by atoms with E-state index in [-0.39, 0.29) is 12.5 Å². The minimum absolute atomic E-state index is 0.0999. The Hall–Kier alpha value is -1.39. The van der Waals surface area contributed by atoms with Crippen molar-refractivity contribution in [2.45, 2.75) is 90.2 Å². The van der Waals surface area contributed by atoms with E-state index in [2.05, 4.69) is 36.5 Å². The van der Waals surface area contributed by atoms with E-state index in [1.54, 1.807) is 6.08 Å². The van der Waals surface area contributed by atoms with Crippen molar-refractivity contribution in [1.82, 2.24) is 5.32 Å². The van der Waals surface area contributed by atoms with Gasteiger partial charge in [0.25, 0.3) is 0 Å². The van der Waals surface area contributed by atoms with E-state index in [4.69, 9.17) is 0 Å². The van der Waals surface area contributed by atoms with E-state index in [0.717, 1.165) is 44.9 Å². The summed E-state index contributed by atoms with van der Waals surface area (Å²) in [6, 6.07) is -0.634. The fourth-order valence-electron chi connectivity index (χ4n) is 2.56. The number of carbonyl (C=O) groups excluding carboxylic acids is 1. The highest BCUT2D eigenvalue weighted by atomic mass is 16.3. The third-order valence-electron chi connectivity index (χ3n) is 4.20. The van der Waals surface area contributed by atoms with Crippen molar-refractivity contribution in [2.75, 3.05) is 6.61 Å². The van der Waals surface area contributed by atoms with Crippen LogP contribution in [0.25, 0.3) is 0 Å². The van der Waals surface area contributed by atoms with Crippen LogP contribution in [-0.4, -0.2) is 34.9 Å². The van der Waals surface area contributed by atoms with Crippen molar-refractivity contribution >= 4 is 5.91 Å². The Morgan fingerprint density at radius 1 is 0.962 bits per heavy atom. The first-order chi connectivity index (χ1) is 12.7. The average Bonchev–Trinajstić information content (AvgIpc) is 2.64. The van der Waals surface area contributed by atoms with Crippen LogP contribution in [0.2, 0.25) is 0 Å². The van der Waals surface area contributed by atoms with E-state index in [1.165, 1.54) is 12.8 Å². The molecule has 0 aliphatic carbocycles. The van der Waals surface area contributed by atoms with E-state index in [9.17, 15) is 15.0 Å². The van der Waals surface area contributed by atoms with E-state index in [0.29, 0.717) is 6.42 Å². The average molecular weight is 366 g/mol. The molecule has 4 nitrogen and oxygen atoms in total. The van der Waals surface area contributed by atoms with Gasteiger partial charge in [0.15, 0.2) is 0 Å². The quantitative estimate of drug-likeness (QED) is 0.280. The molecule has 0 heterocycles. The van der Waals surface area contributed by atoms with Crippen LogP contribution in [-0.2, 0) is 4.79 Å². The molecule has 150 valence electrons. The van der Waals surface area contributed by atoms with Crippen LogP contribution in [0.3, 0.4) is 0 Å². The van der Waals surface area contributed by atoms with Crippen LogP contribution in [0.15, 0.2) is 36.5 Å². The van der Waals surface area contributed by atoms with Crippen molar-refractivity contribution in [2.24, 2.45) is 0 Å². The van der Waals surface area contributed by atoms with Gasteiger partial charge in [-0.3, -0.25) is 4.79 Å². The van der Waals surface area contributed by atoms with Gasteiger partial charge in [-0.1, -0.05) is 69.1 Å². The summed E-state index contributed by atoms with van der Waals surface area (Å²) in [4.78, 5) is 11.9. The smallest absolute Gasteiger partial charge is 0.220 e. The van der Waals surface area contributed by atoms with E-state index < -0.39 is 12.1 Å². The standard InChI is InChI=1S/C22H39NO3/c1-3-5-7-9-10-11-12-14-15-17-21(25)20(19-24)23-22(26)18-16-13-8-6-4-2/h3,5,10-11,15,17,20-21,24-25H,4,6-9,12-14,16,18-19H2,1-2H3,(H,23,26)/b5-3+,11-10+,17-15+. The number of rotatable bonds is 16. The zero-order valence-electron chi connectivity index (χ0n) is 16.7. The molecule has 0 aliphatic heterocycles. The molecule has 0 aromatic heterocycles. The van der Waals surface area contributed by atoms with Crippen molar-refractivity contribution in [1.29, 1.82) is 0 Å². The maximum absolute atomic E-state index is 11.9. The third-order valence-corrected chi connectivity index (χ3v) is 4.20. The summed E-state index contributed by atoms with van der Waals surface area (Å²) >= 11 is 0. The van der Waals surface area contributed by atoms with Crippen LogP contribution in [0, 0.1) is 0 Å². The molecule has 2 unspecified atom stereocenters. The summed E-state index contributed by atoms with van der Waals surface area (Å²) in [5.41, 5.74) is 0. The number of allylic oxidation sites excluding steroid dienone is 5. The van der Waals surface area contributed by atoms with Gasteiger partial charge in [0, 0.05) is 6.42 Å². The molecule has 0 saturated carbocycles. The molecule has 4 heteroatoms. The second kappa shape index (κ2) is 18.4. The first kappa shape index (κ1) is 24.6. The van der Waals surface area contributed by atoms with Crippen molar-refractivity contribution in [3.63, 3.8) is 0 Å². The van der Waals surface area contributed by atoms with Crippen LogP contribution in [0.5, 0.6) is 0 Å². The van der Waals surface area contributed by atoms with Crippen LogP contribution < -0.4 is 5.32 Å². The minimum atomic E-state index is -0.859. The molecular formula is C22H39NO3. The lowest BCUT2D eigenvalue weighted by Gasteiger charge is -2.19. The number of aliphatic hydroxyl groups excluding tert-OH is 2. The lowest BCUT2D eigenvalue weighted by molar-refractivity contribution is -0.123. The number of amides is 1. The van der Waals surface area contributed by atoms with Gasteiger partial charge in [-0.15, -0.1) is 0 Å². The normalized spacial score (nSPS) is 14.5. The van der Waals surface area contributed by atoms with Gasteiger partial charge < -0.3 is 15.5 Å². The summed E-state index contributed by atoms with van der Waals surface area (Å²) < 4.78 is 0. The first-order valence-corrected chi connectivity index (χ1v) is 10.2. The van der Waals surface area contributed by atoms with Crippen molar-refractivity contribution in [3.8, 4) is 0 Å². The number of aliphatic hydroxyl groups is 2. The highest BCUT2D eigenvalue weighted by molar-refractivity contribution is 5.76. The largest absolute Gasteiger partial charge is 0.394 e. The maximum atomic E-state index is 11.9. The zero-order chi connectivity index (χ0) is 19.5. The summed E-state index contributed by atoms with van der Waals surface area (Å²) in [7, 11) is 0. The predicted octanol–water partition coefficient (Wildman–Crippen LogP) is 4.43. The number of carbonyl (C=O) groups is 1. The van der Waals surface area contributed by atoms with Crippen LogP contribution in [0.1, 0.15) is 78.1 Å². The molecule has 1 amide bonds. The number of nitrogens with one attached hydrogen (secondary N) is 1. The van der Waals surface area contributed by atoms with Crippen LogP contribution >= 0.6 is 0 Å². The SMILES string of the molecule is C/C=C/CC/C=C/CC/C=C/C(O)C(CO)NC(=O)CCCCCCC. The molecule has 3 N–H and O–H groups in total. The Morgan fingerprint density at radius 3 is 2.19 bits per heavy atom. The zero-order valence-corrected chi connectivity index (χ0v) is 16.7. The molecular weight excluding hydrogens is 326 g/mol. The Bertz CT molecular complexity index is 416. The first-order valence-electron chi connectivity index (χ1n) is 10.2. The molecule has 0 radical (unpaired) electrons. The molecule has 0 aliphatic rings. The van der Waals surface area contributed by atoms with Gasteiger partial charge in [0.05, 0.1) is 18.8 Å². The molecule has 0 aromatic carbocycles.